The molecule has 0 aliphatic heterocycles. The molecule has 0 spiro atoms. The lowest BCUT2D eigenvalue weighted by molar-refractivity contribution is -0.116. The summed E-state index contributed by atoms with van der Waals surface area (Å²) in [5.41, 5.74) is 1.94. The van der Waals surface area contributed by atoms with Gasteiger partial charge < -0.3 is 10.1 Å². The average molecular weight is 366 g/mol. The number of esters is 1. The molecule has 140 valence electrons. The van der Waals surface area contributed by atoms with E-state index in [-0.39, 0.29) is 17.3 Å². The van der Waals surface area contributed by atoms with Gasteiger partial charge in [-0.25, -0.2) is 4.79 Å². The predicted molar refractivity (Wildman–Crippen MR) is 103 cm³/mol. The van der Waals surface area contributed by atoms with Gasteiger partial charge in [-0.05, 0) is 49.5 Å². The van der Waals surface area contributed by atoms with E-state index in [1.54, 1.807) is 11.3 Å². The minimum Gasteiger partial charge on any atom is -0.462 e. The van der Waals surface area contributed by atoms with Crippen LogP contribution in [0.3, 0.4) is 0 Å². The maximum atomic E-state index is 12.5. The van der Waals surface area contributed by atoms with Gasteiger partial charge in [-0.3, -0.25) is 4.79 Å². The second-order valence-electron chi connectivity index (χ2n) is 7.89. The first kappa shape index (κ1) is 20.0. The second-order valence-corrected chi connectivity index (χ2v) is 8.99. The Kier molecular flexibility index (Phi) is 6.66. The van der Waals surface area contributed by atoms with Crippen molar-refractivity contribution in [3.63, 3.8) is 0 Å². The Morgan fingerprint density at radius 3 is 2.60 bits per heavy atom. The third kappa shape index (κ3) is 4.84. The summed E-state index contributed by atoms with van der Waals surface area (Å²) in [6.45, 7) is 11.0. The SMILES string of the molecule is CCCCC(=O)Nc1sc2c(c1C(=O)OCC)CCC(C(C)(C)C)C2. The predicted octanol–water partition coefficient (Wildman–Crippen LogP) is 5.20. The molecule has 5 heteroatoms. The minimum atomic E-state index is -0.306. The first-order valence-corrected chi connectivity index (χ1v) is 10.2. The topological polar surface area (TPSA) is 55.4 Å². The van der Waals surface area contributed by atoms with Gasteiger partial charge in [-0.2, -0.15) is 0 Å². The normalized spacial score (nSPS) is 17.1. The van der Waals surface area contributed by atoms with E-state index in [4.69, 9.17) is 4.74 Å². The molecule has 1 aromatic rings. The number of anilines is 1. The first-order chi connectivity index (χ1) is 11.8. The number of amides is 1. The van der Waals surface area contributed by atoms with Crippen molar-refractivity contribution in [3.8, 4) is 0 Å². The van der Waals surface area contributed by atoms with Crippen LogP contribution >= 0.6 is 11.3 Å². The lowest BCUT2D eigenvalue weighted by Crippen LogP contribution is -2.26. The number of unbranched alkanes of at least 4 members (excludes halogenated alkanes) is 1. The number of thiophene rings is 1. The molecule has 0 radical (unpaired) electrons. The van der Waals surface area contributed by atoms with Crippen molar-refractivity contribution in [1.29, 1.82) is 0 Å². The lowest BCUT2D eigenvalue weighted by atomic mass is 9.72. The highest BCUT2D eigenvalue weighted by Gasteiger charge is 2.34. The summed E-state index contributed by atoms with van der Waals surface area (Å²) in [5, 5.41) is 3.65. The summed E-state index contributed by atoms with van der Waals surface area (Å²) in [4.78, 5) is 25.9. The van der Waals surface area contributed by atoms with Crippen molar-refractivity contribution < 1.29 is 14.3 Å². The molecule has 1 aliphatic carbocycles. The molecule has 0 aromatic carbocycles. The molecule has 0 bridgehead atoms. The Morgan fingerprint density at radius 1 is 1.28 bits per heavy atom. The zero-order chi connectivity index (χ0) is 18.6. The molecule has 4 nitrogen and oxygen atoms in total. The fourth-order valence-corrected chi connectivity index (χ4v) is 4.69. The fourth-order valence-electron chi connectivity index (χ4n) is 3.36. The van der Waals surface area contributed by atoms with E-state index < -0.39 is 0 Å². The summed E-state index contributed by atoms with van der Waals surface area (Å²) in [5.74, 6) is 0.274. The first-order valence-electron chi connectivity index (χ1n) is 9.39. The van der Waals surface area contributed by atoms with Crippen molar-refractivity contribution >= 4 is 28.2 Å². The van der Waals surface area contributed by atoms with E-state index in [1.165, 1.54) is 4.88 Å². The number of rotatable bonds is 6. The summed E-state index contributed by atoms with van der Waals surface area (Å²) in [6.07, 6.45) is 5.26. The molecule has 1 N–H and O–H groups in total. The van der Waals surface area contributed by atoms with Crippen LogP contribution in [-0.2, 0) is 22.4 Å². The summed E-state index contributed by atoms with van der Waals surface area (Å²) in [6, 6.07) is 0. The molecule has 1 amide bonds. The Morgan fingerprint density at radius 2 is 2.00 bits per heavy atom. The van der Waals surface area contributed by atoms with Gasteiger partial charge in [0.15, 0.2) is 0 Å². The summed E-state index contributed by atoms with van der Waals surface area (Å²) < 4.78 is 5.27. The standard InChI is InChI=1S/C20H31NO3S/c1-6-8-9-16(22)21-18-17(19(23)24-7-2)14-11-10-13(20(3,4)5)12-15(14)25-18/h13H,6-12H2,1-5H3,(H,21,22). The van der Waals surface area contributed by atoms with Gasteiger partial charge in [0, 0.05) is 11.3 Å². The van der Waals surface area contributed by atoms with Crippen LogP contribution in [0.4, 0.5) is 5.00 Å². The molecular weight excluding hydrogens is 334 g/mol. The van der Waals surface area contributed by atoms with Gasteiger partial charge in [0.2, 0.25) is 5.91 Å². The van der Waals surface area contributed by atoms with Crippen molar-refractivity contribution in [3.05, 3.63) is 16.0 Å². The van der Waals surface area contributed by atoms with Crippen LogP contribution in [0.2, 0.25) is 0 Å². The van der Waals surface area contributed by atoms with Crippen LogP contribution in [0, 0.1) is 11.3 Å². The number of nitrogens with one attached hydrogen (secondary N) is 1. The van der Waals surface area contributed by atoms with Crippen molar-refractivity contribution in [2.24, 2.45) is 11.3 Å². The minimum absolute atomic E-state index is 0.0154. The largest absolute Gasteiger partial charge is 0.462 e. The molecule has 0 saturated carbocycles. The van der Waals surface area contributed by atoms with Crippen molar-refractivity contribution in [1.82, 2.24) is 0 Å². The maximum absolute atomic E-state index is 12.5. The lowest BCUT2D eigenvalue weighted by Gasteiger charge is -2.33. The Hall–Kier alpha value is -1.36. The number of carbonyl (C=O) groups excluding carboxylic acids is 2. The number of ether oxygens (including phenoxy) is 1. The number of fused-ring (bicyclic) bond motifs is 1. The average Bonchev–Trinajstić information content (AvgIpc) is 2.89. The smallest absolute Gasteiger partial charge is 0.341 e. The number of hydrogen-bond acceptors (Lipinski definition) is 4. The van der Waals surface area contributed by atoms with Gasteiger partial charge >= 0.3 is 5.97 Å². The summed E-state index contributed by atoms with van der Waals surface area (Å²) >= 11 is 1.57. The Balaban J connectivity index is 2.31. The van der Waals surface area contributed by atoms with E-state index in [0.29, 0.717) is 29.5 Å². The van der Waals surface area contributed by atoms with Gasteiger partial charge in [0.05, 0.1) is 12.2 Å². The maximum Gasteiger partial charge on any atom is 0.341 e. The third-order valence-corrected chi connectivity index (χ3v) is 6.15. The van der Waals surface area contributed by atoms with Gasteiger partial charge in [-0.1, -0.05) is 34.1 Å². The van der Waals surface area contributed by atoms with Gasteiger partial charge in [0.25, 0.3) is 0 Å². The molecule has 25 heavy (non-hydrogen) atoms. The van der Waals surface area contributed by atoms with Crippen molar-refractivity contribution in [2.75, 3.05) is 11.9 Å². The van der Waals surface area contributed by atoms with Crippen LogP contribution in [0.1, 0.15) is 81.1 Å². The molecule has 1 aromatic heterocycles. The third-order valence-electron chi connectivity index (χ3n) is 4.98. The molecule has 2 rings (SSSR count). The van der Waals surface area contributed by atoms with Gasteiger partial charge in [0.1, 0.15) is 5.00 Å². The molecule has 1 aliphatic rings. The monoisotopic (exact) mass is 365 g/mol. The van der Waals surface area contributed by atoms with E-state index in [1.807, 2.05) is 6.92 Å². The van der Waals surface area contributed by atoms with Crippen LogP contribution in [-0.4, -0.2) is 18.5 Å². The highest BCUT2D eigenvalue weighted by Crippen LogP contribution is 2.44. The number of hydrogen-bond donors (Lipinski definition) is 1. The summed E-state index contributed by atoms with van der Waals surface area (Å²) in [7, 11) is 0. The quantitative estimate of drug-likeness (QED) is 0.705. The van der Waals surface area contributed by atoms with E-state index in [9.17, 15) is 9.59 Å². The van der Waals surface area contributed by atoms with Crippen LogP contribution in [0.25, 0.3) is 0 Å². The number of carbonyl (C=O) groups is 2. The van der Waals surface area contributed by atoms with E-state index in [0.717, 1.165) is 37.7 Å². The second kappa shape index (κ2) is 8.35. The van der Waals surface area contributed by atoms with Crippen molar-refractivity contribution in [2.45, 2.75) is 73.1 Å². The van der Waals surface area contributed by atoms with Gasteiger partial charge in [-0.15, -0.1) is 11.3 Å². The highest BCUT2D eigenvalue weighted by molar-refractivity contribution is 7.17. The molecule has 1 unspecified atom stereocenters. The van der Waals surface area contributed by atoms with E-state index in [2.05, 4.69) is 33.0 Å². The molecule has 0 saturated heterocycles. The zero-order valence-electron chi connectivity index (χ0n) is 16.2. The zero-order valence-corrected chi connectivity index (χ0v) is 17.0. The molecule has 1 heterocycles. The Bertz CT molecular complexity index is 628. The molecule has 0 fully saturated rings. The molecule has 1 atom stereocenters. The Labute approximate surface area is 155 Å². The van der Waals surface area contributed by atoms with Crippen LogP contribution < -0.4 is 5.32 Å². The molecular formula is C20H31NO3S. The van der Waals surface area contributed by atoms with E-state index >= 15 is 0 Å². The highest BCUT2D eigenvalue weighted by atomic mass is 32.1. The van der Waals surface area contributed by atoms with Crippen LogP contribution in [0.15, 0.2) is 0 Å². The van der Waals surface area contributed by atoms with Crippen LogP contribution in [0.5, 0.6) is 0 Å². The fraction of sp³-hybridized carbons (Fsp3) is 0.700.